The second-order valence-electron chi connectivity index (χ2n) is 8.79. The van der Waals surface area contributed by atoms with E-state index in [1.54, 1.807) is 12.1 Å². The van der Waals surface area contributed by atoms with Crippen LogP contribution in [0.25, 0.3) is 0 Å². The molecule has 0 spiro atoms. The van der Waals surface area contributed by atoms with E-state index in [2.05, 4.69) is 4.72 Å². The molecule has 0 aromatic heterocycles. The van der Waals surface area contributed by atoms with E-state index in [0.717, 1.165) is 40.0 Å². The quantitative estimate of drug-likeness (QED) is 0.317. The number of likely N-dealkylation sites (N-methyl/N-ethyl adjacent to an activating group) is 1. The molecule has 0 aliphatic carbocycles. The molecule has 0 radical (unpaired) electrons. The van der Waals surface area contributed by atoms with Crippen LogP contribution in [0.2, 0.25) is 5.02 Å². The molecule has 37 heavy (non-hydrogen) atoms. The maximum Gasteiger partial charge on any atom is 0.419 e. The maximum absolute atomic E-state index is 13.5. The average molecular weight is 571 g/mol. The molecule has 3 aromatic carbocycles. The predicted molar refractivity (Wildman–Crippen MR) is 140 cm³/mol. The van der Waals surface area contributed by atoms with E-state index < -0.39 is 33.6 Å². The summed E-state index contributed by atoms with van der Waals surface area (Å²) in [6, 6.07) is 15.0. The summed E-state index contributed by atoms with van der Waals surface area (Å²) in [6.45, 7) is 3.23. The van der Waals surface area contributed by atoms with Crippen molar-refractivity contribution in [3.05, 3.63) is 76.8 Å². The van der Waals surface area contributed by atoms with Gasteiger partial charge in [-0.25, -0.2) is 8.42 Å². The molecule has 1 heterocycles. The van der Waals surface area contributed by atoms with E-state index in [4.69, 9.17) is 16.3 Å². The minimum Gasteiger partial charge on any atom is -0.488 e. The van der Waals surface area contributed by atoms with Crippen LogP contribution in [-0.2, 0) is 22.6 Å². The smallest absolute Gasteiger partial charge is 0.419 e. The maximum atomic E-state index is 13.5. The Morgan fingerprint density at radius 2 is 1.78 bits per heavy atom. The molecule has 198 valence electrons. The number of anilines is 1. The van der Waals surface area contributed by atoms with Gasteiger partial charge in [-0.05, 0) is 74.0 Å². The minimum absolute atomic E-state index is 0.0153. The second-order valence-corrected chi connectivity index (χ2v) is 12.0. The summed E-state index contributed by atoms with van der Waals surface area (Å²) in [4.78, 5) is 3.67. The van der Waals surface area contributed by atoms with Crippen LogP contribution in [0.1, 0.15) is 24.5 Å². The number of nitrogens with one attached hydrogen (secondary N) is 1. The van der Waals surface area contributed by atoms with Gasteiger partial charge in [0, 0.05) is 34.0 Å². The Kier molecular flexibility index (Phi) is 8.32. The van der Waals surface area contributed by atoms with E-state index in [-0.39, 0.29) is 10.6 Å². The van der Waals surface area contributed by atoms with E-state index in [1.807, 2.05) is 37.1 Å². The van der Waals surface area contributed by atoms with Crippen LogP contribution < -0.4 is 9.46 Å². The number of halogens is 4. The zero-order chi connectivity index (χ0) is 26.8. The van der Waals surface area contributed by atoms with Gasteiger partial charge in [-0.15, -0.1) is 0 Å². The lowest BCUT2D eigenvalue weighted by Crippen LogP contribution is -2.23. The molecule has 4 rings (SSSR count). The summed E-state index contributed by atoms with van der Waals surface area (Å²) in [5.74, 6) is -0.396. The number of ether oxygens (including phenoxy) is 1. The zero-order valence-electron chi connectivity index (χ0n) is 20.2. The van der Waals surface area contributed by atoms with Crippen LogP contribution in [0.4, 0.5) is 18.9 Å². The number of aryl methyl sites for hydroxylation is 1. The van der Waals surface area contributed by atoms with Gasteiger partial charge in [0.05, 0.1) is 16.1 Å². The molecule has 1 saturated heterocycles. The Morgan fingerprint density at radius 1 is 1.08 bits per heavy atom. The Hall–Kier alpha value is -2.40. The third kappa shape index (κ3) is 6.93. The Balaban J connectivity index is 1.51. The Bertz CT molecular complexity index is 1370. The number of sulfonamides is 1. The minimum atomic E-state index is -4.63. The highest BCUT2D eigenvalue weighted by Crippen LogP contribution is 2.39. The van der Waals surface area contributed by atoms with Gasteiger partial charge in [-0.1, -0.05) is 36.4 Å². The largest absolute Gasteiger partial charge is 0.488 e. The van der Waals surface area contributed by atoms with E-state index in [9.17, 15) is 21.6 Å². The molecule has 0 bridgehead atoms. The fourth-order valence-corrected chi connectivity index (χ4v) is 6.29. The van der Waals surface area contributed by atoms with E-state index >= 15 is 0 Å². The van der Waals surface area contributed by atoms with Gasteiger partial charge in [0.1, 0.15) is 11.9 Å². The highest BCUT2D eigenvalue weighted by atomic mass is 35.5. The summed E-state index contributed by atoms with van der Waals surface area (Å²) in [5.41, 5.74) is 0.0860. The zero-order valence-corrected chi connectivity index (χ0v) is 22.6. The molecule has 5 nitrogen and oxygen atoms in total. The lowest BCUT2D eigenvalue weighted by Gasteiger charge is -2.19. The number of hydrogen-bond acceptors (Lipinski definition) is 5. The molecule has 1 aliphatic rings. The van der Waals surface area contributed by atoms with Gasteiger partial charge in [-0.2, -0.15) is 13.2 Å². The molecule has 1 aliphatic heterocycles. The van der Waals surface area contributed by atoms with Crippen molar-refractivity contribution in [2.24, 2.45) is 0 Å². The van der Waals surface area contributed by atoms with Crippen molar-refractivity contribution in [1.82, 2.24) is 4.90 Å². The normalized spacial score (nSPS) is 16.6. The number of hydrogen-bond donors (Lipinski definition) is 1. The van der Waals surface area contributed by atoms with Crippen molar-refractivity contribution < 1.29 is 26.3 Å². The van der Waals surface area contributed by atoms with Crippen LogP contribution in [-0.4, -0.2) is 39.6 Å². The molecule has 1 fully saturated rings. The molecule has 0 amide bonds. The molecule has 0 unspecified atom stereocenters. The van der Waals surface area contributed by atoms with Gasteiger partial charge < -0.3 is 9.64 Å². The van der Waals surface area contributed by atoms with Gasteiger partial charge in [0.15, 0.2) is 0 Å². The highest BCUT2D eigenvalue weighted by molar-refractivity contribution is 7.99. The summed E-state index contributed by atoms with van der Waals surface area (Å²) >= 11 is 7.72. The summed E-state index contributed by atoms with van der Waals surface area (Å²) in [7, 11) is -2.18. The number of alkyl halides is 3. The molecule has 11 heteroatoms. The fourth-order valence-electron chi connectivity index (χ4n) is 4.00. The molecule has 3 aromatic rings. The van der Waals surface area contributed by atoms with Crippen LogP contribution in [0.3, 0.4) is 0 Å². The van der Waals surface area contributed by atoms with Crippen molar-refractivity contribution >= 4 is 39.1 Å². The monoisotopic (exact) mass is 570 g/mol. The third-order valence-corrected chi connectivity index (χ3v) is 8.70. The number of rotatable bonds is 8. The first-order valence-electron chi connectivity index (χ1n) is 11.6. The molecular weight excluding hydrogens is 545 g/mol. The van der Waals surface area contributed by atoms with Crippen molar-refractivity contribution in [2.45, 2.75) is 46.7 Å². The molecule has 1 N–H and O–H groups in total. The molecule has 0 saturated carbocycles. The van der Waals surface area contributed by atoms with E-state index in [0.29, 0.717) is 24.5 Å². The van der Waals surface area contributed by atoms with Crippen LogP contribution in [0.5, 0.6) is 5.75 Å². The number of benzene rings is 3. The lowest BCUT2D eigenvalue weighted by atomic mass is 10.1. The van der Waals surface area contributed by atoms with Gasteiger partial charge in [0.2, 0.25) is 0 Å². The Morgan fingerprint density at radius 3 is 2.38 bits per heavy atom. The highest BCUT2D eigenvalue weighted by Gasteiger charge is 2.36. The summed E-state index contributed by atoms with van der Waals surface area (Å²) < 4.78 is 74.6. The van der Waals surface area contributed by atoms with Crippen molar-refractivity contribution in [1.29, 1.82) is 0 Å². The SMILES string of the molecule is CCc1ccc(Sc2ccc(S(=O)(=O)Nc3ccc(C(F)(F)F)c(O[C@@H]4CCN(C)C4)c3)cc2)cc1Cl. The van der Waals surface area contributed by atoms with Gasteiger partial charge >= 0.3 is 6.18 Å². The van der Waals surface area contributed by atoms with Gasteiger partial charge in [0.25, 0.3) is 10.0 Å². The van der Waals surface area contributed by atoms with Crippen molar-refractivity contribution in [2.75, 3.05) is 24.9 Å². The number of nitrogens with zero attached hydrogens (tertiary/aromatic N) is 1. The van der Waals surface area contributed by atoms with Crippen LogP contribution >= 0.6 is 23.4 Å². The molecular formula is C26H26ClF3N2O3S2. The topological polar surface area (TPSA) is 58.6 Å². The van der Waals surface area contributed by atoms with Crippen LogP contribution in [0.15, 0.2) is 75.4 Å². The predicted octanol–water partition coefficient (Wildman–Crippen LogP) is 6.96. The summed E-state index contributed by atoms with van der Waals surface area (Å²) in [5, 5.41) is 0.677. The average Bonchev–Trinajstić information content (AvgIpc) is 3.23. The number of likely N-dealkylation sites (tertiary alicyclic amines) is 1. The Labute approximate surface area is 224 Å². The van der Waals surface area contributed by atoms with Crippen LogP contribution in [0, 0.1) is 0 Å². The first kappa shape index (κ1) is 27.6. The van der Waals surface area contributed by atoms with Crippen molar-refractivity contribution in [3.63, 3.8) is 0 Å². The lowest BCUT2D eigenvalue weighted by molar-refractivity contribution is -0.139. The van der Waals surface area contributed by atoms with E-state index in [1.165, 1.54) is 23.9 Å². The molecule has 1 atom stereocenters. The first-order valence-corrected chi connectivity index (χ1v) is 14.3. The first-order chi connectivity index (χ1) is 17.4. The van der Waals surface area contributed by atoms with Crippen molar-refractivity contribution in [3.8, 4) is 5.75 Å². The second kappa shape index (κ2) is 11.1. The third-order valence-electron chi connectivity index (χ3n) is 5.96. The summed E-state index contributed by atoms with van der Waals surface area (Å²) in [6.07, 6.45) is -3.63. The van der Waals surface area contributed by atoms with Gasteiger partial charge in [-0.3, -0.25) is 4.72 Å². The fraction of sp³-hybridized carbons (Fsp3) is 0.308. The standard InChI is InChI=1S/C26H26ClF3N2O3S2/c1-3-17-4-6-21(15-24(17)27)36-20-7-9-22(10-8-20)37(33,34)31-18-5-11-23(26(28,29)30)25(14-18)35-19-12-13-32(2)16-19/h4-11,14-15,19,31H,3,12-13,16H2,1-2H3/t19-/m1/s1.